The van der Waals surface area contributed by atoms with Gasteiger partial charge in [-0.25, -0.2) is 0 Å². The van der Waals surface area contributed by atoms with Crippen molar-refractivity contribution in [2.45, 2.75) is 57.9 Å². The van der Waals surface area contributed by atoms with Gasteiger partial charge in [-0.1, -0.05) is 37.8 Å². The van der Waals surface area contributed by atoms with Crippen LogP contribution in [0.4, 0.5) is 0 Å². The summed E-state index contributed by atoms with van der Waals surface area (Å²) in [7, 11) is 1.64. The molecule has 7 heteroatoms. The number of amides is 2. The second-order valence-electron chi connectivity index (χ2n) is 8.64. The minimum Gasteiger partial charge on any atom is -0.497 e. The third-order valence-corrected chi connectivity index (χ3v) is 6.60. The van der Waals surface area contributed by atoms with Crippen LogP contribution >= 0.6 is 0 Å². The molecule has 0 radical (unpaired) electrons. The van der Waals surface area contributed by atoms with E-state index in [-0.39, 0.29) is 11.8 Å². The van der Waals surface area contributed by atoms with Crippen LogP contribution in [0.1, 0.15) is 65.8 Å². The molecule has 2 aliphatic rings. The van der Waals surface area contributed by atoms with Crippen molar-refractivity contribution < 1.29 is 14.3 Å². The third-order valence-electron chi connectivity index (χ3n) is 6.60. The summed E-state index contributed by atoms with van der Waals surface area (Å²) in [5, 5.41) is 10.2. The number of aromatic nitrogens is 2. The van der Waals surface area contributed by atoms with Crippen molar-refractivity contribution in [3.63, 3.8) is 0 Å². The number of carbonyl (C=O) groups is 2. The van der Waals surface area contributed by atoms with Gasteiger partial charge >= 0.3 is 0 Å². The zero-order valence-electron chi connectivity index (χ0n) is 18.3. The van der Waals surface area contributed by atoms with Crippen molar-refractivity contribution in [2.75, 3.05) is 20.2 Å². The maximum Gasteiger partial charge on any atom is 0.272 e. The number of fused-ring (bicyclic) bond motifs is 1. The Morgan fingerprint density at radius 3 is 2.74 bits per heavy atom. The molecule has 2 heterocycles. The largest absolute Gasteiger partial charge is 0.497 e. The van der Waals surface area contributed by atoms with Gasteiger partial charge < -0.3 is 15.0 Å². The van der Waals surface area contributed by atoms with E-state index < -0.39 is 0 Å². The minimum absolute atomic E-state index is 0.189. The van der Waals surface area contributed by atoms with Crippen molar-refractivity contribution in [2.24, 2.45) is 5.92 Å². The maximum absolute atomic E-state index is 12.7. The molecular weight excluding hydrogens is 392 g/mol. The number of H-pyrrole nitrogens is 1. The Morgan fingerprint density at radius 1 is 1.23 bits per heavy atom. The molecule has 1 aliphatic heterocycles. The Balaban J connectivity index is 1.29. The molecule has 2 aromatic rings. The number of ether oxygens (including phenoxy) is 1. The Morgan fingerprint density at radius 2 is 2.00 bits per heavy atom. The maximum atomic E-state index is 12.7. The van der Waals surface area contributed by atoms with Gasteiger partial charge in [-0.05, 0) is 36.5 Å². The molecule has 0 bridgehead atoms. The van der Waals surface area contributed by atoms with Crippen LogP contribution in [-0.2, 0) is 24.2 Å². The van der Waals surface area contributed by atoms with E-state index in [2.05, 4.69) is 15.5 Å². The van der Waals surface area contributed by atoms with E-state index in [1.165, 1.54) is 25.7 Å². The lowest BCUT2D eigenvalue weighted by atomic mass is 10.00. The van der Waals surface area contributed by atoms with Gasteiger partial charge in [0.25, 0.3) is 5.91 Å². The van der Waals surface area contributed by atoms with Gasteiger partial charge in [-0.3, -0.25) is 14.7 Å². The van der Waals surface area contributed by atoms with E-state index in [1.54, 1.807) is 7.11 Å². The molecule has 4 rings (SSSR count). The molecule has 0 atom stereocenters. The van der Waals surface area contributed by atoms with Crippen molar-refractivity contribution in [1.82, 2.24) is 20.4 Å². The van der Waals surface area contributed by atoms with Crippen molar-refractivity contribution in [1.29, 1.82) is 0 Å². The number of nitrogens with one attached hydrogen (secondary N) is 2. The fourth-order valence-corrected chi connectivity index (χ4v) is 4.68. The van der Waals surface area contributed by atoms with E-state index >= 15 is 0 Å². The lowest BCUT2D eigenvalue weighted by Crippen LogP contribution is -2.37. The van der Waals surface area contributed by atoms with Gasteiger partial charge in [0, 0.05) is 43.7 Å². The first-order valence-electron chi connectivity index (χ1n) is 11.4. The highest BCUT2D eigenvalue weighted by atomic mass is 16.5. The number of hydrogen-bond donors (Lipinski definition) is 2. The molecule has 31 heavy (non-hydrogen) atoms. The van der Waals surface area contributed by atoms with Crippen LogP contribution in [0, 0.1) is 5.92 Å². The molecule has 1 fully saturated rings. The van der Waals surface area contributed by atoms with Crippen molar-refractivity contribution in [3.05, 3.63) is 46.8 Å². The standard InChI is InChI=1S/C24H32N4O3/c1-31-19-9-6-18(7-10-19)12-14-25-24(30)23-20-16-28(15-13-21(20)26-27-23)22(29)11-8-17-4-2-3-5-17/h6-7,9-10,17H,2-5,8,11-16H2,1H3,(H,25,30)(H,26,27). The number of hydrogen-bond acceptors (Lipinski definition) is 4. The quantitative estimate of drug-likeness (QED) is 0.681. The second-order valence-corrected chi connectivity index (χ2v) is 8.64. The lowest BCUT2D eigenvalue weighted by molar-refractivity contribution is -0.132. The number of benzene rings is 1. The lowest BCUT2D eigenvalue weighted by Gasteiger charge is -2.27. The molecule has 1 aromatic carbocycles. The smallest absolute Gasteiger partial charge is 0.272 e. The predicted molar refractivity (Wildman–Crippen MR) is 118 cm³/mol. The summed E-state index contributed by atoms with van der Waals surface area (Å²) in [5.74, 6) is 1.54. The molecule has 1 aromatic heterocycles. The van der Waals surface area contributed by atoms with Gasteiger partial charge in [0.05, 0.1) is 7.11 Å². The summed E-state index contributed by atoms with van der Waals surface area (Å²) in [6.45, 7) is 1.69. The van der Waals surface area contributed by atoms with Crippen LogP contribution in [0.3, 0.4) is 0 Å². The second kappa shape index (κ2) is 9.98. The summed E-state index contributed by atoms with van der Waals surface area (Å²) in [5.41, 5.74) is 3.38. The molecule has 0 unspecified atom stereocenters. The molecule has 0 spiro atoms. The summed E-state index contributed by atoms with van der Waals surface area (Å²) in [6.07, 6.45) is 8.19. The van der Waals surface area contributed by atoms with E-state index in [1.807, 2.05) is 29.2 Å². The van der Waals surface area contributed by atoms with Gasteiger partial charge in [-0.2, -0.15) is 5.10 Å². The van der Waals surface area contributed by atoms with Crippen LogP contribution in [0.15, 0.2) is 24.3 Å². The van der Waals surface area contributed by atoms with Crippen LogP contribution in [0.25, 0.3) is 0 Å². The monoisotopic (exact) mass is 424 g/mol. The van der Waals surface area contributed by atoms with Gasteiger partial charge in [0.2, 0.25) is 5.91 Å². The molecule has 0 saturated heterocycles. The van der Waals surface area contributed by atoms with E-state index in [4.69, 9.17) is 4.74 Å². The molecule has 7 nitrogen and oxygen atoms in total. The van der Waals surface area contributed by atoms with Crippen molar-refractivity contribution >= 4 is 11.8 Å². The normalized spacial score (nSPS) is 16.2. The third kappa shape index (κ3) is 5.27. The molecule has 1 aliphatic carbocycles. The zero-order valence-corrected chi connectivity index (χ0v) is 18.3. The summed E-state index contributed by atoms with van der Waals surface area (Å²) < 4.78 is 5.17. The van der Waals surface area contributed by atoms with Crippen molar-refractivity contribution in [3.8, 4) is 5.75 Å². The average molecular weight is 425 g/mol. The molecule has 166 valence electrons. The first kappa shape index (κ1) is 21.4. The highest BCUT2D eigenvalue weighted by molar-refractivity contribution is 5.94. The fourth-order valence-electron chi connectivity index (χ4n) is 4.68. The molecule has 2 amide bonds. The van der Waals surface area contributed by atoms with E-state index in [0.717, 1.165) is 41.8 Å². The first-order chi connectivity index (χ1) is 15.1. The highest BCUT2D eigenvalue weighted by Gasteiger charge is 2.28. The average Bonchev–Trinajstić information content (AvgIpc) is 3.47. The van der Waals surface area contributed by atoms with Gasteiger partial charge in [0.1, 0.15) is 5.75 Å². The predicted octanol–water partition coefficient (Wildman–Crippen LogP) is 3.25. The van der Waals surface area contributed by atoms with Gasteiger partial charge in [-0.15, -0.1) is 0 Å². The molecular formula is C24H32N4O3. The molecule has 1 saturated carbocycles. The zero-order chi connectivity index (χ0) is 21.6. The van der Waals surface area contributed by atoms with Crippen LogP contribution in [0.2, 0.25) is 0 Å². The Labute approximate surface area is 183 Å². The topological polar surface area (TPSA) is 87.3 Å². The summed E-state index contributed by atoms with van der Waals surface area (Å²) >= 11 is 0. The van der Waals surface area contributed by atoms with Crippen LogP contribution < -0.4 is 10.1 Å². The Bertz CT molecular complexity index is 900. The summed E-state index contributed by atoms with van der Waals surface area (Å²) in [6, 6.07) is 7.83. The van der Waals surface area contributed by atoms with Gasteiger partial charge in [0.15, 0.2) is 5.69 Å². The minimum atomic E-state index is -0.189. The first-order valence-corrected chi connectivity index (χ1v) is 11.4. The SMILES string of the molecule is COc1ccc(CCNC(=O)c2n[nH]c3c2CN(C(=O)CCC2CCCC2)CC3)cc1. The van der Waals surface area contributed by atoms with Crippen LogP contribution in [0.5, 0.6) is 5.75 Å². The number of nitrogens with zero attached hydrogens (tertiary/aromatic N) is 2. The Kier molecular flexibility index (Phi) is 6.89. The Hall–Kier alpha value is -2.83. The fraction of sp³-hybridized carbons (Fsp3) is 0.542. The van der Waals surface area contributed by atoms with E-state index in [9.17, 15) is 9.59 Å². The number of methoxy groups -OCH3 is 1. The number of aromatic amines is 1. The van der Waals surface area contributed by atoms with E-state index in [0.29, 0.717) is 37.7 Å². The molecule has 2 N–H and O–H groups in total. The number of rotatable bonds is 8. The number of carbonyl (C=O) groups excluding carboxylic acids is 2. The summed E-state index contributed by atoms with van der Waals surface area (Å²) in [4.78, 5) is 27.3. The van der Waals surface area contributed by atoms with Crippen LogP contribution in [-0.4, -0.2) is 47.1 Å². The highest BCUT2D eigenvalue weighted by Crippen LogP contribution is 2.29.